The molecule has 0 aliphatic rings. The molecular formula is C23H23N3O4. The second-order valence-electron chi connectivity index (χ2n) is 6.98. The highest BCUT2D eigenvalue weighted by Gasteiger charge is 2.18. The van der Waals surface area contributed by atoms with Gasteiger partial charge in [0.15, 0.2) is 11.4 Å². The molecule has 3 aromatic rings. The van der Waals surface area contributed by atoms with Crippen LogP contribution >= 0.6 is 0 Å². The summed E-state index contributed by atoms with van der Waals surface area (Å²) < 4.78 is 0. The molecule has 0 spiro atoms. The molecule has 1 heterocycles. The molecule has 0 saturated heterocycles. The number of nitrogens with zero attached hydrogens (tertiary/aromatic N) is 2. The van der Waals surface area contributed by atoms with Crippen LogP contribution in [0.25, 0.3) is 0 Å². The van der Waals surface area contributed by atoms with Crippen molar-refractivity contribution in [3.05, 3.63) is 88.5 Å². The van der Waals surface area contributed by atoms with Gasteiger partial charge in [-0.2, -0.15) is 0 Å². The van der Waals surface area contributed by atoms with E-state index in [1.807, 2.05) is 30.3 Å². The molecule has 7 nitrogen and oxygen atoms in total. The van der Waals surface area contributed by atoms with Crippen LogP contribution in [0.4, 0.5) is 0 Å². The molecule has 2 aromatic carbocycles. The summed E-state index contributed by atoms with van der Waals surface area (Å²) in [5.74, 6) is -1.90. The van der Waals surface area contributed by atoms with Crippen molar-refractivity contribution in [1.29, 1.82) is 0 Å². The van der Waals surface area contributed by atoms with E-state index in [-0.39, 0.29) is 17.1 Å². The highest BCUT2D eigenvalue weighted by Crippen LogP contribution is 2.20. The van der Waals surface area contributed by atoms with E-state index in [1.165, 1.54) is 11.1 Å². The summed E-state index contributed by atoms with van der Waals surface area (Å²) in [4.78, 5) is 31.2. The zero-order valence-corrected chi connectivity index (χ0v) is 16.6. The number of aliphatic carboxylic acids is 1. The Kier molecular flexibility index (Phi) is 6.75. The van der Waals surface area contributed by atoms with Crippen molar-refractivity contribution in [3.63, 3.8) is 0 Å². The quantitative estimate of drug-likeness (QED) is 0.531. The summed E-state index contributed by atoms with van der Waals surface area (Å²) in [7, 11) is 0. The first kappa shape index (κ1) is 21.0. The van der Waals surface area contributed by atoms with Crippen molar-refractivity contribution < 1.29 is 19.8 Å². The average molecular weight is 405 g/mol. The van der Waals surface area contributed by atoms with Gasteiger partial charge in [-0.05, 0) is 36.5 Å². The molecule has 154 valence electrons. The zero-order valence-electron chi connectivity index (χ0n) is 16.6. The van der Waals surface area contributed by atoms with Crippen LogP contribution in [0, 0.1) is 6.92 Å². The molecule has 30 heavy (non-hydrogen) atoms. The topological polar surface area (TPSA) is 112 Å². The van der Waals surface area contributed by atoms with Crippen molar-refractivity contribution in [1.82, 2.24) is 15.3 Å². The maximum atomic E-state index is 12.1. The zero-order chi connectivity index (χ0) is 21.5. The SMILES string of the molecule is Cc1nc(Cc2ccc(CCc3ccccc3)cc2)nc(C(=O)NCC(=O)O)c1O. The number of carbonyl (C=O) groups is 2. The Labute approximate surface area is 174 Å². The number of carboxylic acid groups (broad SMARTS) is 1. The Morgan fingerprint density at radius 1 is 0.900 bits per heavy atom. The van der Waals surface area contributed by atoms with Crippen LogP contribution in [-0.2, 0) is 24.1 Å². The summed E-state index contributed by atoms with van der Waals surface area (Å²) in [6, 6.07) is 18.4. The predicted molar refractivity (Wildman–Crippen MR) is 112 cm³/mol. The second kappa shape index (κ2) is 9.65. The Morgan fingerprint density at radius 2 is 1.50 bits per heavy atom. The van der Waals surface area contributed by atoms with Gasteiger partial charge < -0.3 is 15.5 Å². The van der Waals surface area contributed by atoms with E-state index in [0.29, 0.717) is 12.2 Å². The number of hydrogen-bond donors (Lipinski definition) is 3. The molecule has 0 unspecified atom stereocenters. The van der Waals surface area contributed by atoms with Gasteiger partial charge in [0.25, 0.3) is 5.91 Å². The summed E-state index contributed by atoms with van der Waals surface area (Å²) in [6.45, 7) is 1.02. The molecule has 0 aliphatic heterocycles. The maximum absolute atomic E-state index is 12.1. The third kappa shape index (κ3) is 5.64. The first-order chi connectivity index (χ1) is 14.4. The van der Waals surface area contributed by atoms with Gasteiger partial charge in [0.05, 0.1) is 5.69 Å². The van der Waals surface area contributed by atoms with Crippen LogP contribution < -0.4 is 5.32 Å². The molecule has 3 N–H and O–H groups in total. The van der Waals surface area contributed by atoms with Gasteiger partial charge in [-0.3, -0.25) is 9.59 Å². The van der Waals surface area contributed by atoms with Crippen LogP contribution in [-0.4, -0.2) is 38.6 Å². The van der Waals surface area contributed by atoms with Crippen LogP contribution in [0.1, 0.15) is 38.7 Å². The number of rotatable bonds is 8. The standard InChI is InChI=1S/C23H23N3O4/c1-15-22(29)21(23(30)24-14-20(27)28)26-19(25-15)13-18-11-9-17(10-12-18)8-7-16-5-3-2-4-6-16/h2-6,9-12,29H,7-8,13-14H2,1H3,(H,24,30)(H,27,28). The number of hydrogen-bond acceptors (Lipinski definition) is 5. The molecule has 3 rings (SSSR count). The van der Waals surface area contributed by atoms with Gasteiger partial charge in [0.2, 0.25) is 0 Å². The van der Waals surface area contributed by atoms with Gasteiger partial charge in [0, 0.05) is 6.42 Å². The number of aromatic nitrogens is 2. The molecule has 0 radical (unpaired) electrons. The lowest BCUT2D eigenvalue weighted by Gasteiger charge is -2.09. The first-order valence-electron chi connectivity index (χ1n) is 9.60. The summed E-state index contributed by atoms with van der Waals surface area (Å²) >= 11 is 0. The molecular weight excluding hydrogens is 382 g/mol. The third-order valence-corrected chi connectivity index (χ3v) is 4.65. The molecule has 0 bridgehead atoms. The van der Waals surface area contributed by atoms with E-state index >= 15 is 0 Å². The highest BCUT2D eigenvalue weighted by molar-refractivity contribution is 5.96. The van der Waals surface area contributed by atoms with Gasteiger partial charge in [-0.15, -0.1) is 0 Å². The number of aryl methyl sites for hydroxylation is 3. The predicted octanol–water partition coefficient (Wildman–Crippen LogP) is 2.68. The number of aromatic hydroxyl groups is 1. The van der Waals surface area contributed by atoms with E-state index < -0.39 is 18.4 Å². The van der Waals surface area contributed by atoms with Gasteiger partial charge in [-0.1, -0.05) is 54.6 Å². The van der Waals surface area contributed by atoms with Crippen molar-refractivity contribution in [3.8, 4) is 5.75 Å². The number of amides is 1. The maximum Gasteiger partial charge on any atom is 0.322 e. The number of carboxylic acids is 1. The van der Waals surface area contributed by atoms with Crippen molar-refractivity contribution in [2.75, 3.05) is 6.54 Å². The summed E-state index contributed by atoms with van der Waals surface area (Å²) in [6.07, 6.45) is 2.29. The lowest BCUT2D eigenvalue weighted by molar-refractivity contribution is -0.135. The Morgan fingerprint density at radius 3 is 2.13 bits per heavy atom. The lowest BCUT2D eigenvalue weighted by Crippen LogP contribution is -2.30. The van der Waals surface area contributed by atoms with Gasteiger partial charge in [-0.25, -0.2) is 9.97 Å². The highest BCUT2D eigenvalue weighted by atomic mass is 16.4. The van der Waals surface area contributed by atoms with E-state index in [1.54, 1.807) is 6.92 Å². The van der Waals surface area contributed by atoms with E-state index in [4.69, 9.17) is 5.11 Å². The molecule has 1 aromatic heterocycles. The molecule has 0 atom stereocenters. The molecule has 0 fully saturated rings. The van der Waals surface area contributed by atoms with E-state index in [2.05, 4.69) is 39.6 Å². The van der Waals surface area contributed by atoms with Crippen LogP contribution in [0.3, 0.4) is 0 Å². The second-order valence-corrected chi connectivity index (χ2v) is 6.98. The minimum atomic E-state index is -1.18. The van der Waals surface area contributed by atoms with Gasteiger partial charge >= 0.3 is 5.97 Å². The van der Waals surface area contributed by atoms with Crippen molar-refractivity contribution in [2.45, 2.75) is 26.2 Å². The fourth-order valence-electron chi connectivity index (χ4n) is 3.04. The monoisotopic (exact) mass is 405 g/mol. The number of benzene rings is 2. The van der Waals surface area contributed by atoms with E-state index in [0.717, 1.165) is 18.4 Å². The normalized spacial score (nSPS) is 10.6. The first-order valence-corrected chi connectivity index (χ1v) is 9.60. The average Bonchev–Trinajstić information content (AvgIpc) is 2.74. The van der Waals surface area contributed by atoms with Crippen LogP contribution in [0.5, 0.6) is 5.75 Å². The summed E-state index contributed by atoms with van der Waals surface area (Å²) in [5, 5.41) is 21.0. The van der Waals surface area contributed by atoms with E-state index in [9.17, 15) is 14.7 Å². The fraction of sp³-hybridized carbons (Fsp3) is 0.217. The Balaban J connectivity index is 1.68. The van der Waals surface area contributed by atoms with Crippen LogP contribution in [0.15, 0.2) is 54.6 Å². The minimum Gasteiger partial charge on any atom is -0.504 e. The van der Waals surface area contributed by atoms with Gasteiger partial charge in [0.1, 0.15) is 12.4 Å². The molecule has 0 aliphatic carbocycles. The van der Waals surface area contributed by atoms with Crippen molar-refractivity contribution >= 4 is 11.9 Å². The van der Waals surface area contributed by atoms with Crippen LogP contribution in [0.2, 0.25) is 0 Å². The number of carbonyl (C=O) groups excluding carboxylic acids is 1. The Hall–Kier alpha value is -3.74. The largest absolute Gasteiger partial charge is 0.504 e. The number of nitrogens with one attached hydrogen (secondary N) is 1. The molecule has 7 heteroatoms. The fourth-order valence-corrected chi connectivity index (χ4v) is 3.04. The minimum absolute atomic E-state index is 0.224. The smallest absolute Gasteiger partial charge is 0.322 e. The lowest BCUT2D eigenvalue weighted by atomic mass is 10.0. The third-order valence-electron chi connectivity index (χ3n) is 4.65. The van der Waals surface area contributed by atoms with Crippen molar-refractivity contribution in [2.24, 2.45) is 0 Å². The molecule has 1 amide bonds. The summed E-state index contributed by atoms with van der Waals surface area (Å²) in [5.41, 5.74) is 3.53. The molecule has 0 saturated carbocycles. The Bertz CT molecular complexity index is 1030.